The van der Waals surface area contributed by atoms with Crippen molar-refractivity contribution in [3.8, 4) is 11.5 Å². The van der Waals surface area contributed by atoms with E-state index in [-0.39, 0.29) is 0 Å². The van der Waals surface area contributed by atoms with Gasteiger partial charge in [0, 0.05) is 18.7 Å². The van der Waals surface area contributed by atoms with Gasteiger partial charge in [-0.2, -0.15) is 0 Å². The molecule has 3 heteroatoms. The molecule has 0 bridgehead atoms. The molecule has 0 aliphatic heterocycles. The number of hydrogen-bond donors (Lipinski definition) is 0. The summed E-state index contributed by atoms with van der Waals surface area (Å²) in [5.41, 5.74) is 2.47. The van der Waals surface area contributed by atoms with Crippen LogP contribution >= 0.6 is 0 Å². The Labute approximate surface area is 127 Å². The van der Waals surface area contributed by atoms with Gasteiger partial charge in [-0.3, -0.25) is 4.90 Å². The minimum Gasteiger partial charge on any atom is -0.497 e. The van der Waals surface area contributed by atoms with Crippen molar-refractivity contribution in [2.75, 3.05) is 20.8 Å². The highest BCUT2D eigenvalue weighted by Gasteiger charge is 2.10. The third-order valence-corrected chi connectivity index (χ3v) is 3.58. The van der Waals surface area contributed by atoms with Gasteiger partial charge in [0.1, 0.15) is 11.5 Å². The third kappa shape index (κ3) is 4.23. The summed E-state index contributed by atoms with van der Waals surface area (Å²) in [5, 5.41) is 0. The van der Waals surface area contributed by atoms with Crippen LogP contribution < -0.4 is 9.47 Å². The Bertz CT molecular complexity index is 554. The van der Waals surface area contributed by atoms with Gasteiger partial charge in [0.25, 0.3) is 0 Å². The maximum absolute atomic E-state index is 5.46. The lowest BCUT2D eigenvalue weighted by atomic mass is 10.1. The minimum atomic E-state index is 0.839. The number of hydrogen-bond acceptors (Lipinski definition) is 3. The quantitative estimate of drug-likeness (QED) is 0.774. The summed E-state index contributed by atoms with van der Waals surface area (Å²) in [5.74, 6) is 1.77. The van der Waals surface area contributed by atoms with Crippen LogP contribution in [-0.4, -0.2) is 25.7 Å². The molecule has 21 heavy (non-hydrogen) atoms. The number of rotatable bonds is 7. The Balaban J connectivity index is 2.14. The summed E-state index contributed by atoms with van der Waals surface area (Å²) in [6.45, 7) is 4.92. The van der Waals surface area contributed by atoms with Gasteiger partial charge in [-0.15, -0.1) is 0 Å². The summed E-state index contributed by atoms with van der Waals surface area (Å²) in [7, 11) is 3.39. The van der Waals surface area contributed by atoms with Crippen LogP contribution in [0.1, 0.15) is 18.1 Å². The summed E-state index contributed by atoms with van der Waals surface area (Å²) >= 11 is 0. The highest BCUT2D eigenvalue weighted by atomic mass is 16.5. The van der Waals surface area contributed by atoms with E-state index in [1.54, 1.807) is 14.2 Å². The fourth-order valence-electron chi connectivity index (χ4n) is 2.37. The van der Waals surface area contributed by atoms with Crippen molar-refractivity contribution in [3.63, 3.8) is 0 Å². The fraction of sp³-hybridized carbons (Fsp3) is 0.333. The second-order valence-corrected chi connectivity index (χ2v) is 4.97. The van der Waals surface area contributed by atoms with E-state index < -0.39 is 0 Å². The number of benzene rings is 2. The van der Waals surface area contributed by atoms with Gasteiger partial charge in [-0.25, -0.2) is 0 Å². The standard InChI is InChI=1S/C18H23NO2/c1-4-19(13-15-8-6-5-7-9-15)14-16-12-17(20-2)10-11-18(16)21-3/h5-12H,4,13-14H2,1-3H3. The number of methoxy groups -OCH3 is 2. The van der Waals surface area contributed by atoms with Crippen LogP contribution in [0.15, 0.2) is 48.5 Å². The molecule has 112 valence electrons. The van der Waals surface area contributed by atoms with E-state index in [2.05, 4.69) is 36.1 Å². The lowest BCUT2D eigenvalue weighted by Crippen LogP contribution is -2.22. The summed E-state index contributed by atoms with van der Waals surface area (Å²) in [4.78, 5) is 2.38. The van der Waals surface area contributed by atoms with E-state index in [9.17, 15) is 0 Å². The molecule has 0 N–H and O–H groups in total. The van der Waals surface area contributed by atoms with Crippen LogP contribution in [0.3, 0.4) is 0 Å². The van der Waals surface area contributed by atoms with E-state index in [0.29, 0.717) is 0 Å². The molecule has 0 radical (unpaired) electrons. The number of nitrogens with zero attached hydrogens (tertiary/aromatic N) is 1. The average molecular weight is 285 g/mol. The molecule has 0 saturated carbocycles. The SMILES string of the molecule is CCN(Cc1ccccc1)Cc1cc(OC)ccc1OC. The van der Waals surface area contributed by atoms with Crippen molar-refractivity contribution in [2.45, 2.75) is 20.0 Å². The van der Waals surface area contributed by atoms with Crippen LogP contribution in [0, 0.1) is 0 Å². The van der Waals surface area contributed by atoms with Crippen molar-refractivity contribution in [1.29, 1.82) is 0 Å². The Morgan fingerprint density at radius 2 is 1.67 bits per heavy atom. The van der Waals surface area contributed by atoms with Gasteiger partial charge < -0.3 is 9.47 Å². The fourth-order valence-corrected chi connectivity index (χ4v) is 2.37. The zero-order valence-corrected chi connectivity index (χ0v) is 13.0. The van der Waals surface area contributed by atoms with Crippen molar-refractivity contribution in [3.05, 3.63) is 59.7 Å². The van der Waals surface area contributed by atoms with E-state index in [4.69, 9.17) is 9.47 Å². The highest BCUT2D eigenvalue weighted by molar-refractivity contribution is 5.40. The zero-order chi connectivity index (χ0) is 15.1. The highest BCUT2D eigenvalue weighted by Crippen LogP contribution is 2.25. The van der Waals surface area contributed by atoms with Crippen molar-refractivity contribution < 1.29 is 9.47 Å². The minimum absolute atomic E-state index is 0.839. The Hall–Kier alpha value is -2.00. The molecule has 0 fully saturated rings. The van der Waals surface area contributed by atoms with Gasteiger partial charge in [0.2, 0.25) is 0 Å². The first-order valence-electron chi connectivity index (χ1n) is 7.24. The monoisotopic (exact) mass is 285 g/mol. The molecule has 0 amide bonds. The molecule has 0 aromatic heterocycles. The van der Waals surface area contributed by atoms with Crippen LogP contribution in [0.4, 0.5) is 0 Å². The van der Waals surface area contributed by atoms with Crippen LogP contribution in [0.2, 0.25) is 0 Å². The summed E-state index contributed by atoms with van der Waals surface area (Å²) in [6, 6.07) is 16.5. The molecule has 0 aliphatic rings. The van der Waals surface area contributed by atoms with Crippen molar-refractivity contribution in [2.24, 2.45) is 0 Å². The zero-order valence-electron chi connectivity index (χ0n) is 13.0. The van der Waals surface area contributed by atoms with Crippen molar-refractivity contribution >= 4 is 0 Å². The predicted molar refractivity (Wildman–Crippen MR) is 85.8 cm³/mol. The maximum Gasteiger partial charge on any atom is 0.123 e. The van der Waals surface area contributed by atoms with Crippen LogP contribution in [-0.2, 0) is 13.1 Å². The smallest absolute Gasteiger partial charge is 0.123 e. The molecule has 0 spiro atoms. The first-order valence-corrected chi connectivity index (χ1v) is 7.24. The van der Waals surface area contributed by atoms with Crippen LogP contribution in [0.5, 0.6) is 11.5 Å². The number of ether oxygens (including phenoxy) is 2. The molecule has 2 aromatic carbocycles. The second-order valence-electron chi connectivity index (χ2n) is 4.97. The molecule has 2 rings (SSSR count). The van der Waals surface area contributed by atoms with Crippen molar-refractivity contribution in [1.82, 2.24) is 4.90 Å². The molecule has 0 atom stereocenters. The molecular weight excluding hydrogens is 262 g/mol. The second kappa shape index (κ2) is 7.70. The maximum atomic E-state index is 5.46. The Morgan fingerprint density at radius 3 is 2.29 bits per heavy atom. The Morgan fingerprint density at radius 1 is 0.905 bits per heavy atom. The molecule has 0 heterocycles. The first-order chi connectivity index (χ1) is 10.3. The van der Waals surface area contributed by atoms with Gasteiger partial charge >= 0.3 is 0 Å². The largest absolute Gasteiger partial charge is 0.497 e. The predicted octanol–water partition coefficient (Wildman–Crippen LogP) is 3.73. The van der Waals surface area contributed by atoms with Gasteiger partial charge in [-0.1, -0.05) is 37.3 Å². The summed E-state index contributed by atoms with van der Waals surface area (Å²) in [6.07, 6.45) is 0. The van der Waals surface area contributed by atoms with E-state index in [1.165, 1.54) is 5.56 Å². The molecule has 0 aliphatic carbocycles. The topological polar surface area (TPSA) is 21.7 Å². The van der Waals surface area contributed by atoms with E-state index in [1.807, 2.05) is 24.3 Å². The normalized spacial score (nSPS) is 10.7. The average Bonchev–Trinajstić information content (AvgIpc) is 2.55. The van der Waals surface area contributed by atoms with E-state index in [0.717, 1.165) is 36.7 Å². The lowest BCUT2D eigenvalue weighted by molar-refractivity contribution is 0.265. The van der Waals surface area contributed by atoms with E-state index >= 15 is 0 Å². The first kappa shape index (κ1) is 15.4. The van der Waals surface area contributed by atoms with Gasteiger partial charge in [-0.05, 0) is 30.3 Å². The molecule has 3 nitrogen and oxygen atoms in total. The van der Waals surface area contributed by atoms with Crippen LogP contribution in [0.25, 0.3) is 0 Å². The molecular formula is C18H23NO2. The molecule has 0 unspecified atom stereocenters. The molecule has 0 saturated heterocycles. The van der Waals surface area contributed by atoms with Gasteiger partial charge in [0.05, 0.1) is 14.2 Å². The third-order valence-electron chi connectivity index (χ3n) is 3.58. The summed E-state index contributed by atoms with van der Waals surface area (Å²) < 4.78 is 10.8. The lowest BCUT2D eigenvalue weighted by Gasteiger charge is -2.22. The van der Waals surface area contributed by atoms with Gasteiger partial charge in [0.15, 0.2) is 0 Å². The molecule has 2 aromatic rings. The Kier molecular flexibility index (Phi) is 5.64.